The second kappa shape index (κ2) is 33.0. The molecule has 0 amide bonds. The highest BCUT2D eigenvalue weighted by atomic mass is 16.5. The molecule has 8 rings (SSSR count). The summed E-state index contributed by atoms with van der Waals surface area (Å²) >= 11 is 0. The van der Waals surface area contributed by atoms with E-state index < -0.39 is 0 Å². The molecule has 0 spiro atoms. The van der Waals surface area contributed by atoms with E-state index in [2.05, 4.69) is 57.2 Å². The molecule has 4 aromatic carbocycles. The summed E-state index contributed by atoms with van der Waals surface area (Å²) in [5.74, 6) is 5.15. The highest BCUT2D eigenvalue weighted by Crippen LogP contribution is 2.68. The number of esters is 3. The molecule has 9 atom stereocenters. The van der Waals surface area contributed by atoms with E-state index in [1.165, 1.54) is 89.9 Å². The molecular formula is C74H98N2O8. The van der Waals surface area contributed by atoms with Gasteiger partial charge in [-0.2, -0.15) is 10.5 Å². The van der Waals surface area contributed by atoms with Gasteiger partial charge in [-0.25, -0.2) is 0 Å². The maximum absolute atomic E-state index is 13.0. The van der Waals surface area contributed by atoms with Crippen LogP contribution in [0.1, 0.15) is 218 Å². The summed E-state index contributed by atoms with van der Waals surface area (Å²) in [5.41, 5.74) is 6.34. The quantitative estimate of drug-likeness (QED) is 0.0252. The summed E-state index contributed by atoms with van der Waals surface area (Å²) < 4.78 is 29.3. The number of carbonyl (C=O) groups excluding carboxylic acids is 3. The minimum Gasteiger partial charge on any atom is -0.494 e. The van der Waals surface area contributed by atoms with E-state index >= 15 is 0 Å². The maximum Gasteiger partial charge on any atom is 0.306 e. The molecule has 0 bridgehead atoms. The zero-order chi connectivity index (χ0) is 59.0. The van der Waals surface area contributed by atoms with Gasteiger partial charge >= 0.3 is 17.9 Å². The van der Waals surface area contributed by atoms with Gasteiger partial charge in [-0.15, -0.1) is 0 Å². The Balaban J connectivity index is 0.601. The third-order valence-corrected chi connectivity index (χ3v) is 20.6. The normalized spacial score (nSPS) is 23.6. The summed E-state index contributed by atoms with van der Waals surface area (Å²) in [5, 5.41) is 18.1. The molecule has 4 aliphatic rings. The largest absolute Gasteiger partial charge is 0.494 e. The number of nitrogens with zero attached hydrogens (tertiary/aromatic N) is 2. The van der Waals surface area contributed by atoms with Gasteiger partial charge in [-0.1, -0.05) is 146 Å². The molecule has 4 aliphatic carbocycles. The van der Waals surface area contributed by atoms with Gasteiger partial charge in [-0.05, 0) is 207 Å². The van der Waals surface area contributed by atoms with Crippen LogP contribution in [0.3, 0.4) is 0 Å². The maximum atomic E-state index is 13.0. The van der Waals surface area contributed by atoms with Crippen molar-refractivity contribution in [1.82, 2.24) is 0 Å². The summed E-state index contributed by atoms with van der Waals surface area (Å²) in [6.45, 7) is 9.96. The fraction of sp³-hybridized carbons (Fsp3) is 0.608. The lowest BCUT2D eigenvalue weighted by atomic mass is 9.44. The zero-order valence-corrected chi connectivity index (χ0v) is 51.3. The average Bonchev–Trinajstić information content (AvgIpc) is 1.56. The number of rotatable bonds is 34. The van der Waals surface area contributed by atoms with Gasteiger partial charge in [-0.3, -0.25) is 14.4 Å². The van der Waals surface area contributed by atoms with Gasteiger partial charge in [0.25, 0.3) is 0 Å². The van der Waals surface area contributed by atoms with Crippen LogP contribution in [-0.4, -0.2) is 50.4 Å². The minimum absolute atomic E-state index is 0.0263. The van der Waals surface area contributed by atoms with Crippen molar-refractivity contribution in [3.63, 3.8) is 0 Å². The predicted molar refractivity (Wildman–Crippen MR) is 333 cm³/mol. The van der Waals surface area contributed by atoms with Crippen LogP contribution >= 0.6 is 0 Å². The van der Waals surface area contributed by atoms with Crippen molar-refractivity contribution in [1.29, 1.82) is 10.5 Å². The lowest BCUT2D eigenvalue weighted by Gasteiger charge is -2.61. The molecule has 4 fully saturated rings. The van der Waals surface area contributed by atoms with Crippen LogP contribution in [0, 0.1) is 69.0 Å². The number of ether oxygens (including phenoxy) is 5. The van der Waals surface area contributed by atoms with E-state index in [4.69, 9.17) is 34.2 Å². The number of hydrogen-bond acceptors (Lipinski definition) is 10. The van der Waals surface area contributed by atoms with Crippen LogP contribution in [0.5, 0.6) is 11.5 Å². The predicted octanol–water partition coefficient (Wildman–Crippen LogP) is 18.3. The van der Waals surface area contributed by atoms with E-state index in [-0.39, 0.29) is 42.3 Å². The minimum atomic E-state index is -0.307. The Morgan fingerprint density at radius 3 is 1.38 bits per heavy atom. The standard InChI is InChI=1S/C74H98N2O8/c1-55(20-41-70(77)82-50-18-14-10-6-4-8-12-16-48-80-63-34-29-60(30-35-63)58-25-21-56(53-75)22-26-58)67-39-40-68-66-38-33-62-52-65(44-46-73(62,2)69(66)45-47-74(67,68)3)84-72(79)43-42-71(78)83-51-19-15-11-7-5-9-13-17-49-81-64-36-31-61(32-37-64)59-27-23-57(54-76)24-28-59/h21-32,34-37,55,62,65-69H,4-20,33,38-52H2,1-3H3/t55-,62-,65+,66+,67-,68+,69+,73+,74-/m1/s1. The smallest absolute Gasteiger partial charge is 0.306 e. The van der Waals surface area contributed by atoms with Crippen LogP contribution in [0.2, 0.25) is 0 Å². The van der Waals surface area contributed by atoms with Crippen LogP contribution in [0.25, 0.3) is 22.3 Å². The molecule has 0 heterocycles. The van der Waals surface area contributed by atoms with Crippen molar-refractivity contribution in [3.05, 3.63) is 108 Å². The van der Waals surface area contributed by atoms with Crippen molar-refractivity contribution in [2.75, 3.05) is 26.4 Å². The van der Waals surface area contributed by atoms with Crippen LogP contribution < -0.4 is 9.47 Å². The summed E-state index contributed by atoms with van der Waals surface area (Å²) in [4.78, 5) is 38.5. The molecule has 0 unspecified atom stereocenters. The van der Waals surface area contributed by atoms with Gasteiger partial charge in [0.15, 0.2) is 0 Å². The third-order valence-electron chi connectivity index (χ3n) is 20.6. The molecule has 452 valence electrons. The number of hydrogen-bond donors (Lipinski definition) is 0. The first kappa shape index (κ1) is 63.9. The highest BCUT2D eigenvalue weighted by Gasteiger charge is 2.60. The summed E-state index contributed by atoms with van der Waals surface area (Å²) in [7, 11) is 0. The Morgan fingerprint density at radius 2 is 0.893 bits per heavy atom. The lowest BCUT2D eigenvalue weighted by Crippen LogP contribution is -2.54. The van der Waals surface area contributed by atoms with E-state index in [9.17, 15) is 14.4 Å². The first-order chi connectivity index (χ1) is 40.9. The Labute approximate surface area is 504 Å². The van der Waals surface area contributed by atoms with Gasteiger partial charge < -0.3 is 23.7 Å². The van der Waals surface area contributed by atoms with Gasteiger partial charge in [0, 0.05) is 6.42 Å². The third kappa shape index (κ3) is 18.4. The van der Waals surface area contributed by atoms with Crippen molar-refractivity contribution >= 4 is 17.9 Å². The second-order valence-corrected chi connectivity index (χ2v) is 26.0. The van der Waals surface area contributed by atoms with Crippen LogP contribution in [-0.2, 0) is 28.6 Å². The van der Waals surface area contributed by atoms with Crippen molar-refractivity contribution < 1.29 is 38.1 Å². The Bertz CT molecular complexity index is 2730. The fourth-order valence-electron chi connectivity index (χ4n) is 15.7. The van der Waals surface area contributed by atoms with Crippen molar-refractivity contribution in [3.8, 4) is 45.9 Å². The van der Waals surface area contributed by atoms with Crippen LogP contribution in [0.15, 0.2) is 97.1 Å². The summed E-state index contributed by atoms with van der Waals surface area (Å²) in [6, 6.07) is 35.9. The molecule has 84 heavy (non-hydrogen) atoms. The second-order valence-electron chi connectivity index (χ2n) is 26.0. The van der Waals surface area contributed by atoms with Crippen molar-refractivity contribution in [2.24, 2.45) is 46.3 Å². The number of carbonyl (C=O) groups is 3. The lowest BCUT2D eigenvalue weighted by molar-refractivity contribution is -0.164. The van der Waals surface area contributed by atoms with Gasteiger partial charge in [0.1, 0.15) is 17.6 Å². The molecule has 0 aromatic heterocycles. The molecule has 4 aromatic rings. The first-order valence-corrected chi connectivity index (χ1v) is 32.9. The number of fused-ring (bicyclic) bond motifs is 5. The molecule has 10 heteroatoms. The molecule has 0 aliphatic heterocycles. The Kier molecular flexibility index (Phi) is 25.1. The van der Waals surface area contributed by atoms with Crippen molar-refractivity contribution in [2.45, 2.75) is 213 Å². The molecule has 0 N–H and O–H groups in total. The Morgan fingerprint density at radius 1 is 0.476 bits per heavy atom. The number of benzene rings is 4. The molecule has 10 nitrogen and oxygen atoms in total. The summed E-state index contributed by atoms with van der Waals surface area (Å²) in [6.07, 6.45) is 30.0. The topological polar surface area (TPSA) is 145 Å². The monoisotopic (exact) mass is 1140 g/mol. The fourth-order valence-corrected chi connectivity index (χ4v) is 15.7. The van der Waals surface area contributed by atoms with E-state index in [1.807, 2.05) is 72.8 Å². The van der Waals surface area contributed by atoms with Crippen LogP contribution in [0.4, 0.5) is 0 Å². The molecular weight excluding hydrogens is 1040 g/mol. The zero-order valence-electron chi connectivity index (χ0n) is 51.3. The Hall–Kier alpha value is -6.13. The number of nitriles is 2. The molecule has 0 radical (unpaired) electrons. The van der Waals surface area contributed by atoms with Gasteiger partial charge in [0.05, 0.1) is 62.5 Å². The SMILES string of the molecule is C[C@H](CCC(=O)OCCCCCCCCCCOc1ccc(-c2ccc(C#N)cc2)cc1)[C@H]1CC[C@H]2[C@@H]3CC[C@@H]4C[C@@H](OC(=O)CCC(=O)OCCCCCCCCCCOc5ccc(-c6ccc(C#N)cc6)cc5)CC[C@]4(C)[C@H]3CC[C@]12C. The average molecular weight is 1140 g/mol. The molecule has 0 saturated heterocycles. The van der Waals surface area contributed by atoms with E-state index in [1.54, 1.807) is 0 Å². The highest BCUT2D eigenvalue weighted by molar-refractivity contribution is 5.77. The number of unbranched alkanes of at least 4 members (excludes halogenated alkanes) is 14. The first-order valence-electron chi connectivity index (χ1n) is 32.9. The van der Waals surface area contributed by atoms with E-state index in [0.717, 1.165) is 135 Å². The van der Waals surface area contributed by atoms with E-state index in [0.29, 0.717) is 60.5 Å². The molecule has 4 saturated carbocycles. The van der Waals surface area contributed by atoms with Gasteiger partial charge in [0.2, 0.25) is 0 Å².